The minimum absolute atomic E-state index is 0.0760. The zero-order valence-electron chi connectivity index (χ0n) is 16.6. The van der Waals surface area contributed by atoms with Crippen LogP contribution in [0.1, 0.15) is 23.2 Å². The molecule has 4 rings (SSSR count). The van der Waals surface area contributed by atoms with Gasteiger partial charge in [-0.25, -0.2) is 8.78 Å². The first-order valence-electron chi connectivity index (χ1n) is 10.3. The molecule has 4 atom stereocenters. The number of likely N-dealkylation sites (tertiary alicyclic amines) is 1. The van der Waals surface area contributed by atoms with E-state index in [4.69, 9.17) is 4.74 Å². The first-order valence-corrected chi connectivity index (χ1v) is 10.3. The summed E-state index contributed by atoms with van der Waals surface area (Å²) in [6.45, 7) is 3.18. The van der Waals surface area contributed by atoms with Gasteiger partial charge < -0.3 is 15.2 Å². The summed E-state index contributed by atoms with van der Waals surface area (Å²) >= 11 is 0. The van der Waals surface area contributed by atoms with Gasteiger partial charge in [0.15, 0.2) is 0 Å². The lowest BCUT2D eigenvalue weighted by Crippen LogP contribution is -2.49. The molecule has 1 aliphatic carbocycles. The monoisotopic (exact) mass is 416 g/mol. The van der Waals surface area contributed by atoms with E-state index in [9.17, 15) is 18.7 Å². The number of benzene rings is 2. The van der Waals surface area contributed by atoms with Gasteiger partial charge in [0.1, 0.15) is 24.0 Å². The van der Waals surface area contributed by atoms with E-state index in [2.05, 4.69) is 10.2 Å². The zero-order chi connectivity index (χ0) is 21.1. The van der Waals surface area contributed by atoms with Gasteiger partial charge in [0.2, 0.25) is 0 Å². The van der Waals surface area contributed by atoms with Gasteiger partial charge in [0, 0.05) is 31.3 Å². The largest absolute Gasteiger partial charge is 0.492 e. The van der Waals surface area contributed by atoms with Crippen LogP contribution in [0.3, 0.4) is 0 Å². The van der Waals surface area contributed by atoms with Crippen LogP contribution in [0, 0.1) is 23.5 Å². The van der Waals surface area contributed by atoms with Crippen molar-refractivity contribution in [2.45, 2.75) is 25.0 Å². The summed E-state index contributed by atoms with van der Waals surface area (Å²) in [5, 5.41) is 13.3. The topological polar surface area (TPSA) is 61.8 Å². The minimum Gasteiger partial charge on any atom is -0.492 e. The van der Waals surface area contributed by atoms with Crippen molar-refractivity contribution in [3.8, 4) is 5.75 Å². The number of rotatable bonds is 6. The third-order valence-corrected chi connectivity index (χ3v) is 6.08. The molecule has 160 valence electrons. The van der Waals surface area contributed by atoms with Crippen LogP contribution in [-0.2, 0) is 0 Å². The molecule has 0 aromatic heterocycles. The maximum atomic E-state index is 13.4. The van der Waals surface area contributed by atoms with Crippen LogP contribution >= 0.6 is 0 Å². The molecule has 5 nitrogen and oxygen atoms in total. The third-order valence-electron chi connectivity index (χ3n) is 6.08. The molecule has 0 bridgehead atoms. The molecular weight excluding hydrogens is 390 g/mol. The van der Waals surface area contributed by atoms with E-state index in [-0.39, 0.29) is 5.56 Å². The summed E-state index contributed by atoms with van der Waals surface area (Å²) in [6, 6.07) is 12.0. The minimum atomic E-state index is -0.798. The number of para-hydroxylation sites is 1. The molecule has 0 unspecified atom stereocenters. The molecular formula is C23H26F2N2O3. The Morgan fingerprint density at radius 2 is 1.73 bits per heavy atom. The van der Waals surface area contributed by atoms with Crippen molar-refractivity contribution in [2.75, 3.05) is 26.2 Å². The number of ether oxygens (including phenoxy) is 1. The van der Waals surface area contributed by atoms with Crippen LogP contribution in [-0.4, -0.2) is 54.3 Å². The van der Waals surface area contributed by atoms with Gasteiger partial charge in [-0.15, -0.1) is 0 Å². The van der Waals surface area contributed by atoms with Crippen molar-refractivity contribution < 1.29 is 23.4 Å². The van der Waals surface area contributed by atoms with Crippen molar-refractivity contribution in [1.29, 1.82) is 0 Å². The first-order chi connectivity index (χ1) is 14.5. The Morgan fingerprint density at radius 3 is 2.43 bits per heavy atom. The van der Waals surface area contributed by atoms with Gasteiger partial charge in [-0.05, 0) is 48.9 Å². The Morgan fingerprint density at radius 1 is 1.07 bits per heavy atom. The Balaban J connectivity index is 1.29. The highest BCUT2D eigenvalue weighted by Gasteiger charge is 2.42. The molecule has 7 heteroatoms. The molecule has 1 amide bonds. The smallest absolute Gasteiger partial charge is 0.251 e. The maximum Gasteiger partial charge on any atom is 0.251 e. The number of aliphatic hydroxyl groups is 1. The second kappa shape index (κ2) is 9.10. The number of fused-ring (bicyclic) bond motifs is 1. The Bertz CT molecular complexity index is 860. The zero-order valence-corrected chi connectivity index (χ0v) is 16.6. The predicted molar refractivity (Wildman–Crippen MR) is 108 cm³/mol. The Hall–Kier alpha value is -2.51. The molecule has 0 spiro atoms. The second-order valence-corrected chi connectivity index (χ2v) is 8.22. The van der Waals surface area contributed by atoms with E-state index in [1.165, 1.54) is 0 Å². The fraction of sp³-hybridized carbons (Fsp3) is 0.435. The number of carbonyl (C=O) groups excluding carboxylic acids is 1. The summed E-state index contributed by atoms with van der Waals surface area (Å²) in [7, 11) is 0. The maximum absolute atomic E-state index is 13.4. The number of hydrogen-bond acceptors (Lipinski definition) is 4. The van der Waals surface area contributed by atoms with Crippen LogP contribution in [0.2, 0.25) is 0 Å². The van der Waals surface area contributed by atoms with Crippen LogP contribution in [0.4, 0.5) is 8.78 Å². The van der Waals surface area contributed by atoms with E-state index >= 15 is 0 Å². The predicted octanol–water partition coefficient (Wildman–Crippen LogP) is 2.84. The molecule has 1 saturated heterocycles. The average molecular weight is 416 g/mol. The van der Waals surface area contributed by atoms with Crippen molar-refractivity contribution in [3.63, 3.8) is 0 Å². The normalized spacial score (nSPS) is 26.2. The van der Waals surface area contributed by atoms with E-state index in [1.54, 1.807) is 0 Å². The van der Waals surface area contributed by atoms with Crippen LogP contribution in [0.15, 0.2) is 48.5 Å². The quantitative estimate of drug-likeness (QED) is 0.760. The van der Waals surface area contributed by atoms with Crippen molar-refractivity contribution >= 4 is 5.91 Å². The van der Waals surface area contributed by atoms with Gasteiger partial charge in [-0.3, -0.25) is 9.69 Å². The summed E-state index contributed by atoms with van der Waals surface area (Å²) < 4.78 is 32.6. The highest BCUT2D eigenvalue weighted by Crippen LogP contribution is 2.36. The van der Waals surface area contributed by atoms with Gasteiger partial charge >= 0.3 is 0 Å². The summed E-state index contributed by atoms with van der Waals surface area (Å²) in [5.41, 5.74) is -0.0760. The molecule has 1 saturated carbocycles. The number of amides is 1. The number of carbonyl (C=O) groups is 1. The summed E-state index contributed by atoms with van der Waals surface area (Å²) in [6.07, 6.45) is 0.573. The van der Waals surface area contributed by atoms with Crippen LogP contribution in [0.25, 0.3) is 0 Å². The molecule has 2 fully saturated rings. The molecule has 1 aliphatic heterocycles. The Labute approximate surface area is 174 Å². The van der Waals surface area contributed by atoms with Gasteiger partial charge in [-0.1, -0.05) is 18.2 Å². The number of nitrogens with one attached hydrogen (secondary N) is 1. The van der Waals surface area contributed by atoms with Crippen LogP contribution < -0.4 is 10.1 Å². The average Bonchev–Trinajstić information content (AvgIpc) is 3.09. The lowest BCUT2D eigenvalue weighted by molar-refractivity contribution is 0.0461. The van der Waals surface area contributed by atoms with E-state index in [1.807, 2.05) is 30.3 Å². The molecule has 2 N–H and O–H groups in total. The fourth-order valence-corrected chi connectivity index (χ4v) is 4.61. The lowest BCUT2D eigenvalue weighted by atomic mass is 9.77. The number of nitrogens with zero attached hydrogens (tertiary/aromatic N) is 1. The third kappa shape index (κ3) is 4.96. The van der Waals surface area contributed by atoms with Crippen molar-refractivity contribution in [2.24, 2.45) is 11.8 Å². The van der Waals surface area contributed by atoms with Crippen molar-refractivity contribution in [3.05, 3.63) is 65.7 Å². The standard InChI is InChI=1S/C23H26F2N2O3/c24-18-8-15(9-19(25)12-18)23(29)26-21-10-16-13-27(14-17(16)11-22(21)28)6-7-30-20-4-2-1-3-5-20/h1-5,8-9,12,16-17,21-22,28H,6-7,10-11,13-14H2,(H,26,29)/t16-,17+,21-,22-/m0/s1. The number of aliphatic hydroxyl groups excluding tert-OH is 1. The lowest BCUT2D eigenvalue weighted by Gasteiger charge is -2.35. The highest BCUT2D eigenvalue weighted by molar-refractivity contribution is 5.94. The Kier molecular flexibility index (Phi) is 6.29. The highest BCUT2D eigenvalue weighted by atomic mass is 19.1. The molecule has 1 heterocycles. The van der Waals surface area contributed by atoms with Gasteiger partial charge in [0.05, 0.1) is 12.1 Å². The van der Waals surface area contributed by atoms with Gasteiger partial charge in [0.25, 0.3) is 5.91 Å². The number of hydrogen-bond donors (Lipinski definition) is 2. The molecule has 2 aromatic carbocycles. The van der Waals surface area contributed by atoms with Gasteiger partial charge in [-0.2, -0.15) is 0 Å². The summed E-state index contributed by atoms with van der Waals surface area (Å²) in [5.74, 6) is -0.582. The first kappa shape index (κ1) is 20.8. The molecule has 2 aliphatic rings. The SMILES string of the molecule is O=C(N[C@H]1C[C@H]2CN(CCOc3ccccc3)C[C@H]2C[C@@H]1O)c1cc(F)cc(F)c1. The number of halogens is 2. The van der Waals surface area contributed by atoms with E-state index < -0.39 is 29.7 Å². The van der Waals surface area contributed by atoms with Crippen LogP contribution in [0.5, 0.6) is 5.75 Å². The van der Waals surface area contributed by atoms with E-state index in [0.29, 0.717) is 31.3 Å². The molecule has 30 heavy (non-hydrogen) atoms. The molecule has 0 radical (unpaired) electrons. The second-order valence-electron chi connectivity index (χ2n) is 8.22. The van der Waals surface area contributed by atoms with E-state index in [0.717, 1.165) is 43.6 Å². The fourth-order valence-electron chi connectivity index (χ4n) is 4.61. The summed E-state index contributed by atoms with van der Waals surface area (Å²) in [4.78, 5) is 14.7. The molecule has 2 aromatic rings. The van der Waals surface area contributed by atoms with Crippen molar-refractivity contribution in [1.82, 2.24) is 10.2 Å².